The zero-order valence-electron chi connectivity index (χ0n) is 38.2. The van der Waals surface area contributed by atoms with Gasteiger partial charge in [-0.1, -0.05) is 197 Å². The van der Waals surface area contributed by atoms with Crippen molar-refractivity contribution in [1.82, 2.24) is 5.32 Å². The van der Waals surface area contributed by atoms with Crippen molar-refractivity contribution in [2.24, 2.45) is 0 Å². The minimum atomic E-state index is -0.802. The molecule has 0 heterocycles. The highest BCUT2D eigenvalue weighted by molar-refractivity contribution is 5.77. The van der Waals surface area contributed by atoms with Gasteiger partial charge in [-0.3, -0.25) is 9.59 Å². The number of unbranched alkanes of at least 4 members (excludes halogenated alkanes) is 22. The normalized spacial score (nSPS) is 13.8. The number of aliphatic hydroxyl groups is 2. The molecule has 0 saturated heterocycles. The van der Waals surface area contributed by atoms with Crippen molar-refractivity contribution in [3.8, 4) is 0 Å². The van der Waals surface area contributed by atoms with Crippen molar-refractivity contribution in [1.29, 1.82) is 0 Å². The van der Waals surface area contributed by atoms with E-state index >= 15 is 0 Å². The highest BCUT2D eigenvalue weighted by atomic mass is 16.5. The van der Waals surface area contributed by atoms with Crippen LogP contribution in [0.3, 0.4) is 0 Å². The number of aliphatic hydroxyl groups excluding tert-OH is 2. The van der Waals surface area contributed by atoms with Crippen LogP contribution in [0.25, 0.3) is 0 Å². The number of nitrogens with one attached hydrogen (secondary N) is 1. The van der Waals surface area contributed by atoms with Gasteiger partial charge in [-0.25, -0.2) is 0 Å². The predicted molar refractivity (Wildman–Crippen MR) is 250 cm³/mol. The Kier molecular flexibility index (Phi) is 43.7. The first-order valence-electron chi connectivity index (χ1n) is 24.5. The fourth-order valence-electron chi connectivity index (χ4n) is 7.14. The number of rotatable bonds is 43. The summed E-state index contributed by atoms with van der Waals surface area (Å²) in [4.78, 5) is 26.0. The minimum absolute atomic E-state index is 0.0395. The van der Waals surface area contributed by atoms with Gasteiger partial charge < -0.3 is 20.3 Å². The molecule has 3 atom stereocenters. The average Bonchev–Trinajstić information content (AvgIpc) is 3.22. The minimum Gasteiger partial charge on any atom is -0.462 e. The van der Waals surface area contributed by atoms with E-state index in [0.717, 1.165) is 89.9 Å². The van der Waals surface area contributed by atoms with E-state index < -0.39 is 18.2 Å². The van der Waals surface area contributed by atoms with E-state index in [4.69, 9.17) is 4.74 Å². The fourth-order valence-corrected chi connectivity index (χ4v) is 7.14. The molecule has 0 aliphatic carbocycles. The Morgan fingerprint density at radius 1 is 0.534 bits per heavy atom. The van der Waals surface area contributed by atoms with Crippen molar-refractivity contribution < 1.29 is 24.5 Å². The molecule has 6 heteroatoms. The third kappa shape index (κ3) is 40.3. The summed E-state index contributed by atoms with van der Waals surface area (Å²) in [5.41, 5.74) is 0. The van der Waals surface area contributed by atoms with E-state index in [2.05, 4.69) is 86.8 Å². The lowest BCUT2D eigenvalue weighted by Gasteiger charge is -2.24. The Morgan fingerprint density at radius 2 is 0.983 bits per heavy atom. The standard InChI is InChI=1S/C52H93NO5/c1-4-7-10-13-16-19-22-24-25-26-27-30-33-36-39-42-45-52(57)58-48(43-40-37-34-31-29-23-20-17-14-11-8-5-2)46-51(56)53-49(47-54)50(55)44-41-38-35-32-28-21-18-15-12-9-6-3/h8,11,17,20,25-27,29-31,48-50,54-55H,4-7,9-10,12-16,18-19,21-24,28,32-47H2,1-3H3,(H,53,56)/b11-8+,20-17+,26-25+,30-27+,31-29+. The molecule has 0 aromatic heterocycles. The van der Waals surface area contributed by atoms with Gasteiger partial charge in [0.1, 0.15) is 6.10 Å². The highest BCUT2D eigenvalue weighted by Gasteiger charge is 2.24. The highest BCUT2D eigenvalue weighted by Crippen LogP contribution is 2.17. The molecule has 1 amide bonds. The van der Waals surface area contributed by atoms with Crippen LogP contribution in [0, 0.1) is 0 Å². The van der Waals surface area contributed by atoms with Gasteiger partial charge in [0, 0.05) is 6.42 Å². The molecule has 0 aliphatic rings. The molecule has 0 bridgehead atoms. The van der Waals surface area contributed by atoms with E-state index in [1.54, 1.807) is 0 Å². The fraction of sp³-hybridized carbons (Fsp3) is 0.769. The summed E-state index contributed by atoms with van der Waals surface area (Å²) in [6.45, 7) is 6.33. The molecular formula is C52H93NO5. The van der Waals surface area contributed by atoms with Crippen LogP contribution in [0.5, 0.6) is 0 Å². The molecule has 0 fully saturated rings. The maximum atomic E-state index is 13.1. The van der Waals surface area contributed by atoms with Gasteiger partial charge in [0.15, 0.2) is 0 Å². The molecular weight excluding hydrogens is 719 g/mol. The van der Waals surface area contributed by atoms with Crippen LogP contribution in [0.2, 0.25) is 0 Å². The Hall–Kier alpha value is -2.44. The maximum Gasteiger partial charge on any atom is 0.306 e. The molecule has 0 aromatic carbocycles. The largest absolute Gasteiger partial charge is 0.462 e. The molecule has 0 rings (SSSR count). The van der Waals surface area contributed by atoms with Crippen LogP contribution in [0.15, 0.2) is 60.8 Å². The van der Waals surface area contributed by atoms with Crippen molar-refractivity contribution in [2.45, 2.75) is 251 Å². The lowest BCUT2D eigenvalue weighted by molar-refractivity contribution is -0.151. The molecule has 0 spiro atoms. The third-order valence-electron chi connectivity index (χ3n) is 10.9. The Labute approximate surface area is 358 Å². The number of ether oxygens (including phenoxy) is 1. The summed E-state index contributed by atoms with van der Waals surface area (Å²) >= 11 is 0. The Bertz CT molecular complexity index is 1050. The number of hydrogen-bond donors (Lipinski definition) is 3. The van der Waals surface area contributed by atoms with Gasteiger partial charge >= 0.3 is 5.97 Å². The number of esters is 1. The summed E-state index contributed by atoms with van der Waals surface area (Å²) in [5.74, 6) is -0.545. The number of carbonyl (C=O) groups is 2. The topological polar surface area (TPSA) is 95.9 Å². The number of hydrogen-bond acceptors (Lipinski definition) is 5. The van der Waals surface area contributed by atoms with Gasteiger partial charge in [-0.2, -0.15) is 0 Å². The van der Waals surface area contributed by atoms with Crippen molar-refractivity contribution in [3.63, 3.8) is 0 Å². The first-order valence-corrected chi connectivity index (χ1v) is 24.5. The number of allylic oxidation sites excluding steroid dienone is 10. The molecule has 0 saturated carbocycles. The second-order valence-electron chi connectivity index (χ2n) is 16.5. The average molecular weight is 812 g/mol. The summed E-state index contributed by atoms with van der Waals surface area (Å²) in [6.07, 6.45) is 55.7. The first-order chi connectivity index (χ1) is 28.5. The van der Waals surface area contributed by atoms with E-state index in [1.165, 1.54) is 96.3 Å². The summed E-state index contributed by atoms with van der Waals surface area (Å²) in [5, 5.41) is 23.7. The lowest BCUT2D eigenvalue weighted by atomic mass is 10.0. The molecule has 58 heavy (non-hydrogen) atoms. The van der Waals surface area contributed by atoms with Crippen LogP contribution < -0.4 is 5.32 Å². The van der Waals surface area contributed by atoms with Crippen LogP contribution in [-0.2, 0) is 14.3 Å². The zero-order chi connectivity index (χ0) is 42.4. The predicted octanol–water partition coefficient (Wildman–Crippen LogP) is 14.5. The lowest BCUT2D eigenvalue weighted by Crippen LogP contribution is -2.46. The van der Waals surface area contributed by atoms with Gasteiger partial charge in [-0.15, -0.1) is 0 Å². The molecule has 336 valence electrons. The molecule has 3 unspecified atom stereocenters. The van der Waals surface area contributed by atoms with Crippen molar-refractivity contribution in [2.75, 3.05) is 6.61 Å². The van der Waals surface area contributed by atoms with Crippen LogP contribution in [0.1, 0.15) is 233 Å². The van der Waals surface area contributed by atoms with E-state index in [9.17, 15) is 19.8 Å². The second-order valence-corrected chi connectivity index (χ2v) is 16.5. The molecule has 0 aliphatic heterocycles. The molecule has 0 radical (unpaired) electrons. The van der Waals surface area contributed by atoms with Crippen molar-refractivity contribution >= 4 is 11.9 Å². The van der Waals surface area contributed by atoms with E-state index in [-0.39, 0.29) is 24.9 Å². The molecule has 3 N–H and O–H groups in total. The van der Waals surface area contributed by atoms with Crippen LogP contribution >= 0.6 is 0 Å². The third-order valence-corrected chi connectivity index (χ3v) is 10.9. The smallest absolute Gasteiger partial charge is 0.306 e. The summed E-state index contributed by atoms with van der Waals surface area (Å²) in [7, 11) is 0. The Balaban J connectivity index is 4.67. The van der Waals surface area contributed by atoms with Crippen LogP contribution in [-0.4, -0.2) is 46.9 Å². The van der Waals surface area contributed by atoms with Gasteiger partial charge in [0.05, 0.1) is 25.2 Å². The summed E-state index contributed by atoms with van der Waals surface area (Å²) in [6, 6.07) is -0.719. The number of amides is 1. The zero-order valence-corrected chi connectivity index (χ0v) is 38.2. The van der Waals surface area contributed by atoms with Crippen LogP contribution in [0.4, 0.5) is 0 Å². The second kappa shape index (κ2) is 45.6. The van der Waals surface area contributed by atoms with E-state index in [1.807, 2.05) is 0 Å². The van der Waals surface area contributed by atoms with E-state index in [0.29, 0.717) is 19.3 Å². The van der Waals surface area contributed by atoms with Gasteiger partial charge in [0.2, 0.25) is 5.91 Å². The van der Waals surface area contributed by atoms with Gasteiger partial charge in [0.25, 0.3) is 0 Å². The van der Waals surface area contributed by atoms with Gasteiger partial charge in [-0.05, 0) is 83.5 Å². The quantitative estimate of drug-likeness (QED) is 0.0247. The molecule has 6 nitrogen and oxygen atoms in total. The van der Waals surface area contributed by atoms with Crippen molar-refractivity contribution in [3.05, 3.63) is 60.8 Å². The SMILES string of the molecule is CC/C=C/C/C=C/C/C=C/CCCCC(CC(=O)NC(CO)C(O)CCCCCCCCCCCCC)OC(=O)CCCCC/C=C/C=C/CCCCCCCCC. The summed E-state index contributed by atoms with van der Waals surface area (Å²) < 4.78 is 5.88. The first kappa shape index (κ1) is 55.6. The Morgan fingerprint density at radius 3 is 1.53 bits per heavy atom. The molecule has 0 aromatic rings. The number of carbonyl (C=O) groups excluding carboxylic acids is 2. The maximum absolute atomic E-state index is 13.1. The monoisotopic (exact) mass is 812 g/mol.